The summed E-state index contributed by atoms with van der Waals surface area (Å²) in [6.45, 7) is -0.221. The summed E-state index contributed by atoms with van der Waals surface area (Å²) in [6, 6.07) is 7.71. The molecule has 134 valence electrons. The molecule has 0 atom stereocenters. The Balaban J connectivity index is 1.97. The number of aromatic amines is 1. The number of aromatic nitrogens is 1. The van der Waals surface area contributed by atoms with Crippen LogP contribution < -0.4 is 4.90 Å². The highest BCUT2D eigenvalue weighted by atomic mass is 35.5. The largest absolute Gasteiger partial charge is 0.477 e. The number of aromatic carboxylic acids is 1. The van der Waals surface area contributed by atoms with Crippen LogP contribution in [0.1, 0.15) is 20.8 Å². The lowest BCUT2D eigenvalue weighted by Crippen LogP contribution is -2.27. The van der Waals surface area contributed by atoms with Crippen LogP contribution in [0.5, 0.6) is 0 Å². The third-order valence-corrected chi connectivity index (χ3v) is 4.19. The number of nitrogens with zero attached hydrogens (tertiary/aromatic N) is 1. The summed E-state index contributed by atoms with van der Waals surface area (Å²) in [5.41, 5.74) is 0.718. The summed E-state index contributed by atoms with van der Waals surface area (Å²) < 4.78 is 26.4. The molecule has 3 aromatic rings. The number of carboxylic acid groups (broad SMARTS) is 1. The second-order valence-corrected chi connectivity index (χ2v) is 6.19. The van der Waals surface area contributed by atoms with Crippen LogP contribution in [0, 0.1) is 11.6 Å². The Bertz CT molecular complexity index is 1030. The smallest absolute Gasteiger partial charge is 0.354 e. The molecule has 0 unspecified atom stereocenters. The summed E-state index contributed by atoms with van der Waals surface area (Å²) in [5.74, 6) is -3.84. The molecule has 0 saturated heterocycles. The Hall–Kier alpha value is -2.93. The van der Waals surface area contributed by atoms with Crippen molar-refractivity contribution in [1.29, 1.82) is 0 Å². The van der Waals surface area contributed by atoms with Crippen molar-refractivity contribution in [2.45, 2.75) is 0 Å². The first kappa shape index (κ1) is 17.9. The van der Waals surface area contributed by atoms with Crippen molar-refractivity contribution in [1.82, 2.24) is 4.98 Å². The fourth-order valence-electron chi connectivity index (χ4n) is 2.76. The molecular weight excluding hydrogens is 366 g/mol. The van der Waals surface area contributed by atoms with Gasteiger partial charge in [0.15, 0.2) is 17.4 Å². The van der Waals surface area contributed by atoms with Crippen LogP contribution in [0.2, 0.25) is 5.02 Å². The molecule has 2 aromatic carbocycles. The molecule has 0 aliphatic rings. The van der Waals surface area contributed by atoms with E-state index in [1.54, 1.807) is 25.2 Å². The Morgan fingerprint density at radius 1 is 1.15 bits per heavy atom. The van der Waals surface area contributed by atoms with E-state index in [1.165, 1.54) is 11.0 Å². The van der Waals surface area contributed by atoms with Crippen molar-refractivity contribution in [3.8, 4) is 0 Å². The van der Waals surface area contributed by atoms with Crippen LogP contribution in [0.3, 0.4) is 0 Å². The van der Waals surface area contributed by atoms with Gasteiger partial charge in [0.1, 0.15) is 5.69 Å². The first-order chi connectivity index (χ1) is 12.3. The van der Waals surface area contributed by atoms with E-state index in [9.17, 15) is 23.5 Å². The minimum Gasteiger partial charge on any atom is -0.477 e. The van der Waals surface area contributed by atoms with Gasteiger partial charge in [-0.1, -0.05) is 11.6 Å². The zero-order valence-electron chi connectivity index (χ0n) is 13.5. The van der Waals surface area contributed by atoms with Gasteiger partial charge in [0.25, 0.3) is 0 Å². The lowest BCUT2D eigenvalue weighted by atomic mass is 10.1. The molecule has 0 aliphatic heterocycles. The second-order valence-electron chi connectivity index (χ2n) is 5.75. The molecule has 26 heavy (non-hydrogen) atoms. The maximum absolute atomic E-state index is 13.3. The van der Waals surface area contributed by atoms with Crippen LogP contribution in [0.4, 0.5) is 14.5 Å². The van der Waals surface area contributed by atoms with Crippen LogP contribution in [0.25, 0.3) is 10.9 Å². The van der Waals surface area contributed by atoms with E-state index >= 15 is 0 Å². The molecule has 0 saturated carbocycles. The van der Waals surface area contributed by atoms with E-state index in [1.807, 2.05) is 0 Å². The van der Waals surface area contributed by atoms with Crippen LogP contribution in [-0.4, -0.2) is 35.4 Å². The number of carbonyl (C=O) groups excluding carboxylic acids is 1. The lowest BCUT2D eigenvalue weighted by molar-refractivity contribution is 0.0691. The number of halogens is 3. The summed E-state index contributed by atoms with van der Waals surface area (Å²) in [6.07, 6.45) is 0. The number of benzene rings is 2. The molecule has 2 N–H and O–H groups in total. The van der Waals surface area contributed by atoms with Gasteiger partial charge in [0.05, 0.1) is 12.2 Å². The monoisotopic (exact) mass is 378 g/mol. The number of likely N-dealkylation sites (N-methyl/N-ethyl adjacent to an activating group) is 1. The molecule has 0 amide bonds. The van der Waals surface area contributed by atoms with Crippen LogP contribution in [0.15, 0.2) is 36.4 Å². The van der Waals surface area contributed by atoms with Gasteiger partial charge in [-0.15, -0.1) is 0 Å². The minimum atomic E-state index is -1.19. The number of nitrogens with one attached hydrogen (secondary N) is 1. The Morgan fingerprint density at radius 2 is 1.88 bits per heavy atom. The number of carboxylic acids is 1. The van der Waals surface area contributed by atoms with E-state index in [0.717, 1.165) is 12.1 Å². The van der Waals surface area contributed by atoms with E-state index in [0.29, 0.717) is 21.6 Å². The molecule has 0 radical (unpaired) electrons. The van der Waals surface area contributed by atoms with Crippen molar-refractivity contribution >= 4 is 39.9 Å². The zero-order valence-corrected chi connectivity index (χ0v) is 14.3. The summed E-state index contributed by atoms with van der Waals surface area (Å²) in [5, 5.41) is 10.4. The summed E-state index contributed by atoms with van der Waals surface area (Å²) >= 11 is 5.93. The third-order valence-electron chi connectivity index (χ3n) is 3.95. The van der Waals surface area contributed by atoms with Gasteiger partial charge in [-0.3, -0.25) is 4.79 Å². The highest BCUT2D eigenvalue weighted by molar-refractivity contribution is 6.31. The fourth-order valence-corrected chi connectivity index (χ4v) is 2.93. The second kappa shape index (κ2) is 6.76. The van der Waals surface area contributed by atoms with Gasteiger partial charge in [0.2, 0.25) is 0 Å². The number of carbonyl (C=O) groups is 2. The number of hydrogen-bond donors (Lipinski definition) is 2. The van der Waals surface area contributed by atoms with Gasteiger partial charge in [-0.25, -0.2) is 13.6 Å². The van der Waals surface area contributed by atoms with Gasteiger partial charge >= 0.3 is 5.97 Å². The third kappa shape index (κ3) is 3.25. The van der Waals surface area contributed by atoms with Gasteiger partial charge in [-0.2, -0.15) is 0 Å². The summed E-state index contributed by atoms with van der Waals surface area (Å²) in [4.78, 5) is 28.1. The predicted octanol–water partition coefficient (Wildman–Crippen LogP) is 4.12. The van der Waals surface area contributed by atoms with Crippen molar-refractivity contribution < 1.29 is 23.5 Å². The van der Waals surface area contributed by atoms with E-state index in [4.69, 9.17) is 11.6 Å². The maximum Gasteiger partial charge on any atom is 0.354 e. The van der Waals surface area contributed by atoms with Crippen LogP contribution in [-0.2, 0) is 0 Å². The predicted molar refractivity (Wildman–Crippen MR) is 94.2 cm³/mol. The van der Waals surface area contributed by atoms with E-state index < -0.39 is 23.4 Å². The number of fused-ring (bicyclic) bond motifs is 1. The molecule has 1 heterocycles. The molecule has 0 fully saturated rings. The topological polar surface area (TPSA) is 73.4 Å². The first-order valence-corrected chi connectivity index (χ1v) is 7.89. The van der Waals surface area contributed by atoms with Crippen LogP contribution >= 0.6 is 11.6 Å². The minimum absolute atomic E-state index is 0.00416. The Kier molecular flexibility index (Phi) is 4.65. The normalized spacial score (nSPS) is 10.9. The zero-order chi connectivity index (χ0) is 19.0. The first-order valence-electron chi connectivity index (χ1n) is 7.52. The average molecular weight is 379 g/mol. The number of rotatable bonds is 5. The molecule has 5 nitrogen and oxygen atoms in total. The lowest BCUT2D eigenvalue weighted by Gasteiger charge is -2.19. The number of anilines is 1. The van der Waals surface area contributed by atoms with Crippen molar-refractivity contribution in [2.24, 2.45) is 0 Å². The number of Topliss-reactive ketones (excluding diaryl/α,β-unsaturated/α-hetero) is 1. The van der Waals surface area contributed by atoms with E-state index in [-0.39, 0.29) is 17.8 Å². The Labute approximate surface area is 151 Å². The number of ketones is 1. The average Bonchev–Trinajstić information content (AvgIpc) is 2.96. The molecule has 8 heteroatoms. The van der Waals surface area contributed by atoms with E-state index in [2.05, 4.69) is 4.98 Å². The highest BCUT2D eigenvalue weighted by Crippen LogP contribution is 2.32. The van der Waals surface area contributed by atoms with Gasteiger partial charge < -0.3 is 15.0 Å². The standard InChI is InChI=1S/C18H13ClF2N2O3/c1-23(8-15(24)9-2-5-12(20)13(21)6-9)17-11-4-3-10(19)7-14(11)22-16(17)18(25)26/h2-7,22H,8H2,1H3,(H,25,26). The quantitative estimate of drug-likeness (QED) is 0.655. The van der Waals surface area contributed by atoms with Crippen molar-refractivity contribution in [2.75, 3.05) is 18.5 Å². The molecule has 0 aliphatic carbocycles. The van der Waals surface area contributed by atoms with Crippen molar-refractivity contribution in [3.63, 3.8) is 0 Å². The number of H-pyrrole nitrogens is 1. The summed E-state index contributed by atoms with van der Waals surface area (Å²) in [7, 11) is 1.54. The number of hydrogen-bond acceptors (Lipinski definition) is 3. The molecule has 3 rings (SSSR count). The Morgan fingerprint density at radius 3 is 2.54 bits per heavy atom. The molecule has 0 spiro atoms. The molecular formula is C18H13ClF2N2O3. The molecule has 1 aromatic heterocycles. The SMILES string of the molecule is CN(CC(=O)c1ccc(F)c(F)c1)c1c(C(=O)O)[nH]c2cc(Cl)ccc12. The van der Waals surface area contributed by atoms with Gasteiger partial charge in [-0.05, 0) is 36.4 Å². The van der Waals surface area contributed by atoms with Crippen molar-refractivity contribution in [3.05, 3.63) is 64.3 Å². The maximum atomic E-state index is 13.3. The highest BCUT2D eigenvalue weighted by Gasteiger charge is 2.22. The molecule has 0 bridgehead atoms. The van der Waals surface area contributed by atoms with Gasteiger partial charge in [0, 0.05) is 28.5 Å². The fraction of sp³-hybridized carbons (Fsp3) is 0.111.